The average Bonchev–Trinajstić information content (AvgIpc) is 3.28. The Bertz CT molecular complexity index is 1230. The highest BCUT2D eigenvalue weighted by molar-refractivity contribution is 7.80. The van der Waals surface area contributed by atoms with Gasteiger partial charge in [0.2, 0.25) is 6.79 Å². The number of thiocarbonyl (C=S) groups is 1. The predicted molar refractivity (Wildman–Crippen MR) is 136 cm³/mol. The molecule has 3 aromatic rings. The Kier molecular flexibility index (Phi) is 6.51. The second-order valence-corrected chi connectivity index (χ2v) is 9.24. The van der Waals surface area contributed by atoms with Crippen molar-refractivity contribution in [2.45, 2.75) is 26.2 Å². The fourth-order valence-corrected chi connectivity index (χ4v) is 3.55. The van der Waals surface area contributed by atoms with E-state index >= 15 is 0 Å². The van der Waals surface area contributed by atoms with E-state index in [0.717, 1.165) is 0 Å². The summed E-state index contributed by atoms with van der Waals surface area (Å²) in [5.74, 6) is 0.575. The van der Waals surface area contributed by atoms with E-state index in [-0.39, 0.29) is 29.1 Å². The SMILES string of the molecule is CC(C)(C)c1ccc(C(=O)Nc2ccc(NC(=S)NC(=O)c3ccc4c(c3)OCO4)cc2)cc1. The molecule has 0 aliphatic carbocycles. The summed E-state index contributed by atoms with van der Waals surface area (Å²) in [5.41, 5.74) is 3.50. The molecule has 0 aromatic heterocycles. The summed E-state index contributed by atoms with van der Waals surface area (Å²) in [5, 5.41) is 8.62. The number of ether oxygens (including phenoxy) is 2. The molecule has 0 atom stereocenters. The summed E-state index contributed by atoms with van der Waals surface area (Å²) in [6, 6.07) is 19.6. The van der Waals surface area contributed by atoms with Crippen molar-refractivity contribution in [3.63, 3.8) is 0 Å². The first-order valence-corrected chi connectivity index (χ1v) is 11.1. The maximum Gasteiger partial charge on any atom is 0.257 e. The van der Waals surface area contributed by atoms with Crippen LogP contribution in [0, 0.1) is 0 Å². The van der Waals surface area contributed by atoms with E-state index in [1.807, 2.05) is 24.3 Å². The molecule has 0 radical (unpaired) electrons. The average molecular weight is 476 g/mol. The van der Waals surface area contributed by atoms with Gasteiger partial charge in [0, 0.05) is 22.5 Å². The minimum Gasteiger partial charge on any atom is -0.454 e. The number of hydrogen-bond acceptors (Lipinski definition) is 5. The number of fused-ring (bicyclic) bond motifs is 1. The first kappa shape index (κ1) is 23.3. The van der Waals surface area contributed by atoms with Crippen LogP contribution in [0.4, 0.5) is 11.4 Å². The van der Waals surface area contributed by atoms with Gasteiger partial charge in [0.1, 0.15) is 0 Å². The number of nitrogens with one attached hydrogen (secondary N) is 3. The van der Waals surface area contributed by atoms with E-state index in [1.54, 1.807) is 42.5 Å². The molecule has 0 saturated carbocycles. The van der Waals surface area contributed by atoms with Crippen LogP contribution in [0.3, 0.4) is 0 Å². The lowest BCUT2D eigenvalue weighted by molar-refractivity contribution is 0.0976. The molecule has 34 heavy (non-hydrogen) atoms. The lowest BCUT2D eigenvalue weighted by atomic mass is 9.87. The van der Waals surface area contributed by atoms with Gasteiger partial charge in [-0.1, -0.05) is 32.9 Å². The van der Waals surface area contributed by atoms with Crippen LogP contribution in [-0.4, -0.2) is 23.7 Å². The van der Waals surface area contributed by atoms with Gasteiger partial charge in [-0.2, -0.15) is 0 Å². The number of carbonyl (C=O) groups is 2. The Morgan fingerprint density at radius 2 is 1.35 bits per heavy atom. The van der Waals surface area contributed by atoms with Crippen LogP contribution in [0.25, 0.3) is 0 Å². The Hall–Kier alpha value is -3.91. The second kappa shape index (κ2) is 9.52. The molecule has 1 heterocycles. The lowest BCUT2D eigenvalue weighted by Crippen LogP contribution is -2.34. The molecule has 1 aliphatic rings. The maximum atomic E-state index is 12.6. The third-order valence-electron chi connectivity index (χ3n) is 5.28. The molecule has 2 amide bonds. The number of anilines is 2. The summed E-state index contributed by atoms with van der Waals surface area (Å²) in [7, 11) is 0. The molecular weight excluding hydrogens is 450 g/mol. The van der Waals surface area contributed by atoms with Gasteiger partial charge in [0.05, 0.1) is 0 Å². The standard InChI is InChI=1S/C26H25N3O4S/c1-26(2,3)18-7-4-16(5-8-18)23(30)27-19-9-11-20(12-10-19)28-25(34)29-24(31)17-6-13-21-22(14-17)33-15-32-21/h4-14H,15H2,1-3H3,(H,27,30)(H2,28,29,31,34). The third-order valence-corrected chi connectivity index (χ3v) is 5.48. The fourth-order valence-electron chi connectivity index (χ4n) is 3.34. The maximum absolute atomic E-state index is 12.6. The van der Waals surface area contributed by atoms with E-state index in [0.29, 0.717) is 34.0 Å². The predicted octanol–water partition coefficient (Wildman–Crippen LogP) is 5.09. The molecule has 1 aliphatic heterocycles. The van der Waals surface area contributed by atoms with Crippen molar-refractivity contribution in [3.05, 3.63) is 83.4 Å². The van der Waals surface area contributed by atoms with Crippen molar-refractivity contribution in [2.24, 2.45) is 0 Å². The largest absolute Gasteiger partial charge is 0.454 e. The summed E-state index contributed by atoms with van der Waals surface area (Å²) in [6.45, 7) is 6.53. The van der Waals surface area contributed by atoms with Gasteiger partial charge in [-0.3, -0.25) is 14.9 Å². The smallest absolute Gasteiger partial charge is 0.257 e. The van der Waals surface area contributed by atoms with Crippen molar-refractivity contribution in [1.82, 2.24) is 5.32 Å². The lowest BCUT2D eigenvalue weighted by Gasteiger charge is -2.19. The van der Waals surface area contributed by atoms with E-state index in [9.17, 15) is 9.59 Å². The van der Waals surface area contributed by atoms with Gasteiger partial charge < -0.3 is 20.1 Å². The van der Waals surface area contributed by atoms with Gasteiger partial charge in [-0.25, -0.2) is 0 Å². The summed E-state index contributed by atoms with van der Waals surface area (Å²) in [6.07, 6.45) is 0. The number of benzene rings is 3. The molecule has 0 fully saturated rings. The van der Waals surface area contributed by atoms with Crippen LogP contribution in [0.1, 0.15) is 47.1 Å². The zero-order chi connectivity index (χ0) is 24.3. The van der Waals surface area contributed by atoms with E-state index < -0.39 is 0 Å². The van der Waals surface area contributed by atoms with E-state index in [2.05, 4.69) is 36.7 Å². The van der Waals surface area contributed by atoms with Crippen molar-refractivity contribution < 1.29 is 19.1 Å². The van der Waals surface area contributed by atoms with Gasteiger partial charge >= 0.3 is 0 Å². The second-order valence-electron chi connectivity index (χ2n) is 8.84. The molecule has 3 aromatic carbocycles. The topological polar surface area (TPSA) is 88.7 Å². The van der Waals surface area contributed by atoms with Crippen molar-refractivity contribution in [3.8, 4) is 11.5 Å². The van der Waals surface area contributed by atoms with Crippen LogP contribution in [0.5, 0.6) is 11.5 Å². The molecule has 7 nitrogen and oxygen atoms in total. The molecule has 0 unspecified atom stereocenters. The fraction of sp³-hybridized carbons (Fsp3) is 0.192. The normalized spacial score (nSPS) is 12.1. The zero-order valence-corrected chi connectivity index (χ0v) is 19.9. The third kappa shape index (κ3) is 5.52. The number of amides is 2. The van der Waals surface area contributed by atoms with Gasteiger partial charge in [0.15, 0.2) is 16.6 Å². The van der Waals surface area contributed by atoms with E-state index in [1.165, 1.54) is 5.56 Å². The minimum absolute atomic E-state index is 0.0301. The van der Waals surface area contributed by atoms with Gasteiger partial charge in [0.25, 0.3) is 11.8 Å². The van der Waals surface area contributed by atoms with Crippen molar-refractivity contribution in [2.75, 3.05) is 17.4 Å². The molecule has 8 heteroatoms. The summed E-state index contributed by atoms with van der Waals surface area (Å²) < 4.78 is 10.5. The summed E-state index contributed by atoms with van der Waals surface area (Å²) >= 11 is 5.25. The molecule has 3 N–H and O–H groups in total. The molecule has 174 valence electrons. The van der Waals surface area contributed by atoms with Crippen molar-refractivity contribution >= 4 is 40.5 Å². The molecule has 4 rings (SSSR count). The molecule has 0 bridgehead atoms. The first-order valence-electron chi connectivity index (χ1n) is 10.7. The van der Waals surface area contributed by atoms with Gasteiger partial charge in [-0.05, 0) is 77.8 Å². The summed E-state index contributed by atoms with van der Waals surface area (Å²) in [4.78, 5) is 25.0. The highest BCUT2D eigenvalue weighted by Gasteiger charge is 2.17. The minimum atomic E-state index is -0.364. The van der Waals surface area contributed by atoms with Crippen LogP contribution in [-0.2, 0) is 5.41 Å². The van der Waals surface area contributed by atoms with Crippen LogP contribution < -0.4 is 25.4 Å². The van der Waals surface area contributed by atoms with Crippen LogP contribution in [0.15, 0.2) is 66.7 Å². The Morgan fingerprint density at radius 3 is 2.00 bits per heavy atom. The molecule has 0 spiro atoms. The number of rotatable bonds is 4. The number of hydrogen-bond donors (Lipinski definition) is 3. The monoisotopic (exact) mass is 475 g/mol. The Morgan fingerprint density at radius 1 is 0.765 bits per heavy atom. The highest BCUT2D eigenvalue weighted by Crippen LogP contribution is 2.32. The molecule has 0 saturated heterocycles. The van der Waals surface area contributed by atoms with Crippen LogP contribution >= 0.6 is 12.2 Å². The quantitative estimate of drug-likeness (QED) is 0.456. The Labute approximate surface area is 203 Å². The zero-order valence-electron chi connectivity index (χ0n) is 19.1. The Balaban J connectivity index is 1.31. The highest BCUT2D eigenvalue weighted by atomic mass is 32.1. The van der Waals surface area contributed by atoms with E-state index in [4.69, 9.17) is 21.7 Å². The van der Waals surface area contributed by atoms with Crippen LogP contribution in [0.2, 0.25) is 0 Å². The van der Waals surface area contributed by atoms with Crippen molar-refractivity contribution in [1.29, 1.82) is 0 Å². The molecular formula is C26H25N3O4S. The first-order chi connectivity index (χ1) is 16.2. The number of carbonyl (C=O) groups excluding carboxylic acids is 2. The van der Waals surface area contributed by atoms with Gasteiger partial charge in [-0.15, -0.1) is 0 Å².